The molecule has 2 rings (SSSR count). The van der Waals surface area contributed by atoms with Crippen molar-refractivity contribution >= 4 is 41.5 Å². The summed E-state index contributed by atoms with van der Waals surface area (Å²) in [6.45, 7) is 3.25. The molecule has 0 aliphatic carbocycles. The number of nitrogens with zero attached hydrogens (tertiary/aromatic N) is 2. The fourth-order valence-electron chi connectivity index (χ4n) is 1.81. The predicted molar refractivity (Wildman–Crippen MR) is 104 cm³/mol. The van der Waals surface area contributed by atoms with Crippen LogP contribution in [-0.2, 0) is 6.54 Å². The lowest BCUT2D eigenvalue weighted by Gasteiger charge is -2.17. The van der Waals surface area contributed by atoms with E-state index in [1.165, 1.54) is 0 Å². The van der Waals surface area contributed by atoms with E-state index in [9.17, 15) is 0 Å². The Morgan fingerprint density at radius 3 is 2.65 bits per heavy atom. The molecule has 0 aliphatic rings. The summed E-state index contributed by atoms with van der Waals surface area (Å²) in [6.07, 6.45) is 1.71. The molecule has 6 nitrogen and oxygen atoms in total. The number of aliphatic imine (C=N–C) groups is 1. The third-order valence-corrected chi connectivity index (χ3v) is 3.19. The number of aromatic amines is 1. The lowest BCUT2D eigenvalue weighted by atomic mass is 10.3. The number of hydrogen-bond donors (Lipinski definition) is 3. The van der Waals surface area contributed by atoms with E-state index in [2.05, 4.69) is 25.8 Å². The molecule has 0 radical (unpaired) electrons. The van der Waals surface area contributed by atoms with E-state index in [0.29, 0.717) is 24.1 Å². The zero-order valence-corrected chi connectivity index (χ0v) is 16.1. The van der Waals surface area contributed by atoms with Crippen molar-refractivity contribution in [3.63, 3.8) is 0 Å². The standard InChI is InChI=1S/C15H20ClN5O.HI/c1-11(22-14-5-3-12(16)4-6-14)9-18-15(17-2)19-10-13-7-8-20-21-13;/h3-8,11H,9-10H2,1-2H3,(H,20,21)(H2,17,18,19);1H. The minimum atomic E-state index is -0.00752. The first kappa shape index (κ1) is 19.6. The van der Waals surface area contributed by atoms with E-state index >= 15 is 0 Å². The van der Waals surface area contributed by atoms with Gasteiger partial charge in [-0.25, -0.2) is 0 Å². The molecule has 3 N–H and O–H groups in total. The summed E-state index contributed by atoms with van der Waals surface area (Å²) in [4.78, 5) is 4.17. The van der Waals surface area contributed by atoms with Gasteiger partial charge >= 0.3 is 0 Å². The Hall–Kier alpha value is -1.48. The number of ether oxygens (including phenoxy) is 1. The maximum Gasteiger partial charge on any atom is 0.191 e. The smallest absolute Gasteiger partial charge is 0.191 e. The normalized spacial score (nSPS) is 12.2. The van der Waals surface area contributed by atoms with Gasteiger partial charge in [0, 0.05) is 18.3 Å². The van der Waals surface area contributed by atoms with Crippen LogP contribution in [0.1, 0.15) is 12.6 Å². The highest BCUT2D eigenvalue weighted by Gasteiger charge is 2.06. The molecule has 0 amide bonds. The lowest BCUT2D eigenvalue weighted by molar-refractivity contribution is 0.224. The minimum Gasteiger partial charge on any atom is -0.489 e. The Balaban J connectivity index is 0.00000264. The number of rotatable bonds is 6. The first-order chi connectivity index (χ1) is 10.7. The summed E-state index contributed by atoms with van der Waals surface area (Å²) < 4.78 is 5.79. The fraction of sp³-hybridized carbons (Fsp3) is 0.333. The van der Waals surface area contributed by atoms with Gasteiger partial charge in [-0.05, 0) is 37.3 Å². The van der Waals surface area contributed by atoms with Crippen LogP contribution in [0.15, 0.2) is 41.5 Å². The second-order valence-corrected chi connectivity index (χ2v) is 5.21. The van der Waals surface area contributed by atoms with Crippen LogP contribution in [0, 0.1) is 0 Å². The summed E-state index contributed by atoms with van der Waals surface area (Å²) in [6, 6.07) is 9.23. The molecule has 0 saturated carbocycles. The van der Waals surface area contributed by atoms with Crippen molar-refractivity contribution in [2.24, 2.45) is 4.99 Å². The summed E-state index contributed by atoms with van der Waals surface area (Å²) in [5, 5.41) is 13.9. The Kier molecular flexibility index (Phi) is 8.78. The average Bonchev–Trinajstić information content (AvgIpc) is 3.03. The summed E-state index contributed by atoms with van der Waals surface area (Å²) in [5.74, 6) is 1.50. The van der Waals surface area contributed by atoms with E-state index in [4.69, 9.17) is 16.3 Å². The fourth-order valence-corrected chi connectivity index (χ4v) is 1.94. The summed E-state index contributed by atoms with van der Waals surface area (Å²) >= 11 is 5.85. The SMILES string of the molecule is CN=C(NCc1ccn[nH]1)NCC(C)Oc1ccc(Cl)cc1.I. The van der Waals surface area contributed by atoms with Crippen LogP contribution in [0.4, 0.5) is 0 Å². The third kappa shape index (κ3) is 7.08. The van der Waals surface area contributed by atoms with Crippen LogP contribution in [0.2, 0.25) is 5.02 Å². The maximum atomic E-state index is 5.85. The molecule has 2 aromatic rings. The largest absolute Gasteiger partial charge is 0.489 e. The van der Waals surface area contributed by atoms with Gasteiger partial charge < -0.3 is 15.4 Å². The van der Waals surface area contributed by atoms with Crippen molar-refractivity contribution in [3.8, 4) is 5.75 Å². The van der Waals surface area contributed by atoms with Crippen molar-refractivity contribution in [2.75, 3.05) is 13.6 Å². The predicted octanol–water partition coefficient (Wildman–Crippen LogP) is 2.81. The summed E-state index contributed by atoms with van der Waals surface area (Å²) in [7, 11) is 1.73. The highest BCUT2D eigenvalue weighted by Crippen LogP contribution is 2.16. The molecule has 0 aliphatic heterocycles. The second-order valence-electron chi connectivity index (χ2n) is 4.77. The Morgan fingerprint density at radius 1 is 1.30 bits per heavy atom. The molecule has 23 heavy (non-hydrogen) atoms. The van der Waals surface area contributed by atoms with Crippen LogP contribution < -0.4 is 15.4 Å². The third-order valence-electron chi connectivity index (χ3n) is 2.94. The van der Waals surface area contributed by atoms with Crippen LogP contribution in [0.3, 0.4) is 0 Å². The number of benzene rings is 1. The minimum absolute atomic E-state index is 0. The average molecular weight is 450 g/mol. The van der Waals surface area contributed by atoms with Crippen molar-refractivity contribution in [1.82, 2.24) is 20.8 Å². The Bertz CT molecular complexity index is 588. The van der Waals surface area contributed by atoms with Crippen LogP contribution in [0.5, 0.6) is 5.75 Å². The Labute approximate surface area is 158 Å². The molecule has 1 atom stereocenters. The van der Waals surface area contributed by atoms with Crippen LogP contribution in [-0.4, -0.2) is 35.9 Å². The number of nitrogens with one attached hydrogen (secondary N) is 3. The van der Waals surface area contributed by atoms with Gasteiger partial charge in [-0.2, -0.15) is 5.10 Å². The van der Waals surface area contributed by atoms with Gasteiger partial charge in [0.25, 0.3) is 0 Å². The van der Waals surface area contributed by atoms with E-state index in [0.717, 1.165) is 11.4 Å². The highest BCUT2D eigenvalue weighted by atomic mass is 127. The molecule has 8 heteroatoms. The molecule has 1 unspecified atom stereocenters. The molecule has 1 heterocycles. The maximum absolute atomic E-state index is 5.85. The van der Waals surface area contributed by atoms with Crippen molar-refractivity contribution in [1.29, 1.82) is 0 Å². The molecule has 126 valence electrons. The van der Waals surface area contributed by atoms with Gasteiger partial charge in [-0.15, -0.1) is 24.0 Å². The first-order valence-electron chi connectivity index (χ1n) is 7.02. The molecule has 0 spiro atoms. The Morgan fingerprint density at radius 2 is 2.04 bits per heavy atom. The molecule has 1 aromatic carbocycles. The number of halogens is 2. The lowest BCUT2D eigenvalue weighted by Crippen LogP contribution is -2.41. The number of guanidine groups is 1. The van der Waals surface area contributed by atoms with Crippen molar-refractivity contribution in [2.45, 2.75) is 19.6 Å². The van der Waals surface area contributed by atoms with Gasteiger partial charge in [0.2, 0.25) is 0 Å². The van der Waals surface area contributed by atoms with Crippen LogP contribution >= 0.6 is 35.6 Å². The molecule has 0 saturated heterocycles. The van der Waals surface area contributed by atoms with E-state index in [-0.39, 0.29) is 30.1 Å². The number of hydrogen-bond acceptors (Lipinski definition) is 3. The molecular weight excluding hydrogens is 429 g/mol. The number of H-pyrrole nitrogens is 1. The van der Waals surface area contributed by atoms with E-state index in [1.807, 2.05) is 37.3 Å². The van der Waals surface area contributed by atoms with Crippen molar-refractivity contribution in [3.05, 3.63) is 47.2 Å². The van der Waals surface area contributed by atoms with Gasteiger partial charge in [-0.1, -0.05) is 11.6 Å². The second kappa shape index (κ2) is 10.3. The van der Waals surface area contributed by atoms with Crippen LogP contribution in [0.25, 0.3) is 0 Å². The van der Waals surface area contributed by atoms with E-state index in [1.54, 1.807) is 13.2 Å². The zero-order valence-electron chi connectivity index (χ0n) is 13.0. The topological polar surface area (TPSA) is 74.3 Å². The molecule has 1 aromatic heterocycles. The van der Waals surface area contributed by atoms with Gasteiger partial charge in [-0.3, -0.25) is 10.1 Å². The zero-order chi connectivity index (χ0) is 15.8. The first-order valence-corrected chi connectivity index (χ1v) is 7.40. The molecule has 0 bridgehead atoms. The van der Waals surface area contributed by atoms with Gasteiger partial charge in [0.15, 0.2) is 5.96 Å². The quantitative estimate of drug-likeness (QED) is 0.360. The summed E-state index contributed by atoms with van der Waals surface area (Å²) in [5.41, 5.74) is 0.994. The van der Waals surface area contributed by atoms with E-state index < -0.39 is 0 Å². The molecule has 0 fully saturated rings. The molecular formula is C15H21ClIN5O. The van der Waals surface area contributed by atoms with Crippen molar-refractivity contribution < 1.29 is 4.74 Å². The van der Waals surface area contributed by atoms with Gasteiger partial charge in [0.05, 0.1) is 18.8 Å². The monoisotopic (exact) mass is 449 g/mol. The highest BCUT2D eigenvalue weighted by molar-refractivity contribution is 14.0. The van der Waals surface area contributed by atoms with Gasteiger partial charge in [0.1, 0.15) is 11.9 Å². The number of aromatic nitrogens is 2.